The molecule has 1 aromatic carbocycles. The van der Waals surface area contributed by atoms with Crippen molar-refractivity contribution >= 4 is 0 Å². The maximum atomic E-state index is 6.09. The van der Waals surface area contributed by atoms with Gasteiger partial charge in [0.15, 0.2) is 0 Å². The van der Waals surface area contributed by atoms with Gasteiger partial charge in [-0.05, 0) is 37.3 Å². The molecule has 1 atom stereocenters. The Bertz CT molecular complexity index is 311. The number of nitrogens with two attached hydrogens (primary N) is 1. The van der Waals surface area contributed by atoms with Crippen molar-refractivity contribution in [2.45, 2.75) is 39.2 Å². The van der Waals surface area contributed by atoms with Crippen LogP contribution in [-0.2, 0) is 6.42 Å². The summed E-state index contributed by atoms with van der Waals surface area (Å²) in [6.07, 6.45) is 3.08. The minimum Gasteiger partial charge on any atom is -0.324 e. The van der Waals surface area contributed by atoms with E-state index < -0.39 is 0 Å². The first-order valence-electron chi connectivity index (χ1n) is 5.62. The molecule has 0 bridgehead atoms. The van der Waals surface area contributed by atoms with Crippen molar-refractivity contribution < 1.29 is 0 Å². The summed E-state index contributed by atoms with van der Waals surface area (Å²) in [7, 11) is 0. The SMILES string of the molecule is C=C(C)CCC(N)c1ccc(CC)cc1. The zero-order valence-electron chi connectivity index (χ0n) is 9.79. The van der Waals surface area contributed by atoms with Crippen LogP contribution in [0.4, 0.5) is 0 Å². The van der Waals surface area contributed by atoms with Gasteiger partial charge in [0.05, 0.1) is 0 Å². The molecule has 1 unspecified atom stereocenters. The van der Waals surface area contributed by atoms with Crippen LogP contribution in [-0.4, -0.2) is 0 Å². The lowest BCUT2D eigenvalue weighted by molar-refractivity contribution is 0.649. The van der Waals surface area contributed by atoms with E-state index in [1.807, 2.05) is 6.92 Å². The van der Waals surface area contributed by atoms with E-state index in [2.05, 4.69) is 37.8 Å². The first-order chi connectivity index (χ1) is 7.13. The Labute approximate surface area is 93.0 Å². The van der Waals surface area contributed by atoms with Gasteiger partial charge in [0, 0.05) is 6.04 Å². The van der Waals surface area contributed by atoms with Crippen LogP contribution in [0, 0.1) is 0 Å². The topological polar surface area (TPSA) is 26.0 Å². The molecule has 0 aliphatic rings. The lowest BCUT2D eigenvalue weighted by atomic mass is 9.99. The van der Waals surface area contributed by atoms with E-state index in [0.717, 1.165) is 19.3 Å². The van der Waals surface area contributed by atoms with Gasteiger partial charge in [-0.1, -0.05) is 36.8 Å². The Balaban J connectivity index is 2.57. The number of aryl methyl sites for hydroxylation is 1. The molecule has 0 aliphatic carbocycles. The molecule has 0 spiro atoms. The van der Waals surface area contributed by atoms with Gasteiger partial charge in [-0.25, -0.2) is 0 Å². The summed E-state index contributed by atoms with van der Waals surface area (Å²) in [5.41, 5.74) is 9.89. The molecule has 0 aliphatic heterocycles. The minimum atomic E-state index is 0.146. The van der Waals surface area contributed by atoms with Crippen molar-refractivity contribution in [1.29, 1.82) is 0 Å². The van der Waals surface area contributed by atoms with Gasteiger partial charge in [-0.2, -0.15) is 0 Å². The van der Waals surface area contributed by atoms with Crippen LogP contribution < -0.4 is 5.73 Å². The molecule has 0 fully saturated rings. The molecule has 0 amide bonds. The van der Waals surface area contributed by atoms with Crippen LogP contribution in [0.25, 0.3) is 0 Å². The zero-order valence-corrected chi connectivity index (χ0v) is 9.79. The van der Waals surface area contributed by atoms with Gasteiger partial charge in [0.2, 0.25) is 0 Å². The summed E-state index contributed by atoms with van der Waals surface area (Å²) in [6, 6.07) is 8.75. The Morgan fingerprint density at radius 1 is 1.33 bits per heavy atom. The van der Waals surface area contributed by atoms with E-state index in [0.29, 0.717) is 0 Å². The number of rotatable bonds is 5. The Morgan fingerprint density at radius 3 is 2.40 bits per heavy atom. The third-order valence-corrected chi connectivity index (χ3v) is 2.70. The van der Waals surface area contributed by atoms with E-state index >= 15 is 0 Å². The number of benzene rings is 1. The molecular formula is C14H21N. The molecular weight excluding hydrogens is 182 g/mol. The fourth-order valence-electron chi connectivity index (χ4n) is 1.57. The van der Waals surface area contributed by atoms with E-state index in [-0.39, 0.29) is 6.04 Å². The first kappa shape index (κ1) is 12.0. The van der Waals surface area contributed by atoms with E-state index in [1.54, 1.807) is 0 Å². The van der Waals surface area contributed by atoms with Crippen LogP contribution in [0.3, 0.4) is 0 Å². The third kappa shape index (κ3) is 3.88. The molecule has 1 heteroatoms. The van der Waals surface area contributed by atoms with Gasteiger partial charge in [-0.3, -0.25) is 0 Å². The smallest absolute Gasteiger partial charge is 0.0297 e. The van der Waals surface area contributed by atoms with Gasteiger partial charge in [0.25, 0.3) is 0 Å². The van der Waals surface area contributed by atoms with Crippen molar-refractivity contribution in [3.05, 3.63) is 47.5 Å². The molecule has 15 heavy (non-hydrogen) atoms. The summed E-state index contributed by atoms with van der Waals surface area (Å²) in [4.78, 5) is 0. The first-order valence-corrected chi connectivity index (χ1v) is 5.62. The molecule has 0 radical (unpaired) electrons. The summed E-state index contributed by atoms with van der Waals surface area (Å²) >= 11 is 0. The van der Waals surface area contributed by atoms with Crippen LogP contribution in [0.1, 0.15) is 43.9 Å². The third-order valence-electron chi connectivity index (χ3n) is 2.70. The Hall–Kier alpha value is -1.08. The maximum Gasteiger partial charge on any atom is 0.0297 e. The number of hydrogen-bond donors (Lipinski definition) is 1. The van der Waals surface area contributed by atoms with Gasteiger partial charge >= 0.3 is 0 Å². The van der Waals surface area contributed by atoms with E-state index in [9.17, 15) is 0 Å². The summed E-state index contributed by atoms with van der Waals surface area (Å²) in [6.45, 7) is 8.10. The highest BCUT2D eigenvalue weighted by Gasteiger charge is 2.05. The zero-order chi connectivity index (χ0) is 11.3. The molecule has 1 aromatic rings. The standard InChI is InChI=1S/C14H21N/c1-4-12-6-8-13(9-7-12)14(15)10-5-11(2)3/h6-9,14H,2,4-5,10,15H2,1,3H3. The predicted molar refractivity (Wildman–Crippen MR) is 66.8 cm³/mol. The Kier molecular flexibility index (Phi) is 4.57. The monoisotopic (exact) mass is 203 g/mol. The quantitative estimate of drug-likeness (QED) is 0.727. The van der Waals surface area contributed by atoms with Gasteiger partial charge < -0.3 is 5.73 Å². The van der Waals surface area contributed by atoms with Gasteiger partial charge in [-0.15, -0.1) is 6.58 Å². The molecule has 1 rings (SSSR count). The second-order valence-corrected chi connectivity index (χ2v) is 4.20. The minimum absolute atomic E-state index is 0.146. The summed E-state index contributed by atoms with van der Waals surface area (Å²) < 4.78 is 0. The average Bonchev–Trinajstić information content (AvgIpc) is 2.26. The molecule has 0 heterocycles. The van der Waals surface area contributed by atoms with Crippen molar-refractivity contribution in [3.63, 3.8) is 0 Å². The molecule has 2 N–H and O–H groups in total. The fourth-order valence-corrected chi connectivity index (χ4v) is 1.57. The average molecular weight is 203 g/mol. The highest BCUT2D eigenvalue weighted by Crippen LogP contribution is 2.18. The molecule has 82 valence electrons. The van der Waals surface area contributed by atoms with Crippen molar-refractivity contribution in [1.82, 2.24) is 0 Å². The van der Waals surface area contributed by atoms with Crippen molar-refractivity contribution in [3.8, 4) is 0 Å². The van der Waals surface area contributed by atoms with Crippen molar-refractivity contribution in [2.24, 2.45) is 5.73 Å². The van der Waals surface area contributed by atoms with Crippen LogP contribution in [0.5, 0.6) is 0 Å². The molecule has 0 saturated carbocycles. The summed E-state index contributed by atoms with van der Waals surface area (Å²) in [5, 5.41) is 0. The largest absolute Gasteiger partial charge is 0.324 e. The molecule has 0 saturated heterocycles. The number of allylic oxidation sites excluding steroid dienone is 1. The number of hydrogen-bond acceptors (Lipinski definition) is 1. The van der Waals surface area contributed by atoms with E-state index in [4.69, 9.17) is 5.73 Å². The van der Waals surface area contributed by atoms with Crippen LogP contribution >= 0.6 is 0 Å². The second-order valence-electron chi connectivity index (χ2n) is 4.20. The van der Waals surface area contributed by atoms with Gasteiger partial charge in [0.1, 0.15) is 0 Å². The second kappa shape index (κ2) is 5.72. The lowest BCUT2D eigenvalue weighted by Gasteiger charge is -2.12. The molecule has 0 aromatic heterocycles. The lowest BCUT2D eigenvalue weighted by Crippen LogP contribution is -2.10. The van der Waals surface area contributed by atoms with E-state index in [1.165, 1.54) is 16.7 Å². The highest BCUT2D eigenvalue weighted by molar-refractivity contribution is 5.24. The normalized spacial score (nSPS) is 12.5. The van der Waals surface area contributed by atoms with Crippen LogP contribution in [0.15, 0.2) is 36.4 Å². The molecule has 1 nitrogen and oxygen atoms in total. The Morgan fingerprint density at radius 2 is 1.93 bits per heavy atom. The van der Waals surface area contributed by atoms with Crippen LogP contribution in [0.2, 0.25) is 0 Å². The predicted octanol–water partition coefficient (Wildman–Crippen LogP) is 3.61. The fraction of sp³-hybridized carbons (Fsp3) is 0.429. The summed E-state index contributed by atoms with van der Waals surface area (Å²) in [5.74, 6) is 0. The maximum absolute atomic E-state index is 6.09. The highest BCUT2D eigenvalue weighted by atomic mass is 14.6. The van der Waals surface area contributed by atoms with Crippen molar-refractivity contribution in [2.75, 3.05) is 0 Å².